The van der Waals surface area contributed by atoms with Gasteiger partial charge in [0.05, 0.1) is 0 Å². The highest BCUT2D eigenvalue weighted by Crippen LogP contribution is 2.40. The number of piperidine rings is 1. The molecule has 9 heteroatoms. The van der Waals surface area contributed by atoms with Crippen molar-refractivity contribution in [1.82, 2.24) is 30.4 Å². The Morgan fingerprint density at radius 2 is 1.67 bits per heavy atom. The number of carbonyl (C=O) groups excluding carboxylic acids is 2. The summed E-state index contributed by atoms with van der Waals surface area (Å²) in [4.78, 5) is 29.2. The molecule has 3 aromatic rings. The summed E-state index contributed by atoms with van der Waals surface area (Å²) in [5, 5.41) is 13.7. The Balaban J connectivity index is 1.12. The van der Waals surface area contributed by atoms with Crippen molar-refractivity contribution in [1.29, 1.82) is 0 Å². The van der Waals surface area contributed by atoms with Crippen molar-refractivity contribution < 1.29 is 9.59 Å². The molecule has 0 atom stereocenters. The van der Waals surface area contributed by atoms with Crippen molar-refractivity contribution in [3.8, 4) is 11.4 Å². The lowest BCUT2D eigenvalue weighted by Crippen LogP contribution is -2.62. The van der Waals surface area contributed by atoms with Crippen molar-refractivity contribution in [2.45, 2.75) is 12.8 Å². The number of aromatic amines is 1. The molecule has 2 saturated heterocycles. The first kappa shape index (κ1) is 21.5. The van der Waals surface area contributed by atoms with Gasteiger partial charge in [-0.3, -0.25) is 9.59 Å². The molecular formula is C24H23BrN6O2. The molecule has 2 fully saturated rings. The highest BCUT2D eigenvalue weighted by Gasteiger charge is 2.46. The molecule has 8 nitrogen and oxygen atoms in total. The Morgan fingerprint density at radius 1 is 0.970 bits per heavy atom. The topological polar surface area (TPSA) is 95.1 Å². The predicted octanol–water partition coefficient (Wildman–Crippen LogP) is 3.41. The number of tetrazole rings is 1. The quantitative estimate of drug-likeness (QED) is 0.547. The molecule has 2 aliphatic rings. The lowest BCUT2D eigenvalue weighted by molar-refractivity contribution is -0.140. The van der Waals surface area contributed by atoms with Gasteiger partial charge in [0.1, 0.15) is 0 Å². The fourth-order valence-corrected chi connectivity index (χ4v) is 4.77. The van der Waals surface area contributed by atoms with Crippen LogP contribution in [0.2, 0.25) is 0 Å². The zero-order chi connectivity index (χ0) is 22.8. The maximum atomic E-state index is 12.9. The van der Waals surface area contributed by atoms with E-state index in [1.54, 1.807) is 6.08 Å². The molecule has 1 spiro atoms. The number of nitrogens with zero attached hydrogens (tertiary/aromatic N) is 5. The fraction of sp³-hybridized carbons (Fsp3) is 0.292. The number of hydrogen-bond acceptors (Lipinski definition) is 5. The number of carbonyl (C=O) groups is 2. The molecule has 5 rings (SSSR count). The van der Waals surface area contributed by atoms with Crippen molar-refractivity contribution in [3.63, 3.8) is 0 Å². The Hall–Kier alpha value is -3.33. The monoisotopic (exact) mass is 506 g/mol. The van der Waals surface area contributed by atoms with E-state index in [4.69, 9.17) is 0 Å². The summed E-state index contributed by atoms with van der Waals surface area (Å²) in [7, 11) is 0. The molecule has 0 radical (unpaired) electrons. The van der Waals surface area contributed by atoms with Crippen LogP contribution in [0.15, 0.2) is 59.1 Å². The van der Waals surface area contributed by atoms with Crippen LogP contribution < -0.4 is 0 Å². The molecule has 2 aromatic carbocycles. The number of rotatable bonds is 4. The minimum absolute atomic E-state index is 0.0387. The summed E-state index contributed by atoms with van der Waals surface area (Å²) in [5.41, 5.74) is 2.63. The van der Waals surface area contributed by atoms with Crippen LogP contribution in [-0.2, 0) is 4.79 Å². The summed E-state index contributed by atoms with van der Waals surface area (Å²) >= 11 is 3.41. The van der Waals surface area contributed by atoms with Gasteiger partial charge in [0.2, 0.25) is 5.91 Å². The molecule has 168 valence electrons. The summed E-state index contributed by atoms with van der Waals surface area (Å²) in [6.45, 7) is 2.95. The number of likely N-dealkylation sites (tertiary alicyclic amines) is 2. The summed E-state index contributed by atoms with van der Waals surface area (Å²) in [6.07, 6.45) is 5.33. The highest BCUT2D eigenvalue weighted by atomic mass is 79.9. The predicted molar refractivity (Wildman–Crippen MR) is 127 cm³/mol. The van der Waals surface area contributed by atoms with Crippen LogP contribution in [0.5, 0.6) is 0 Å². The van der Waals surface area contributed by atoms with Gasteiger partial charge in [0, 0.05) is 53.3 Å². The molecule has 0 saturated carbocycles. The van der Waals surface area contributed by atoms with Gasteiger partial charge >= 0.3 is 0 Å². The standard InChI is InChI=1S/C24H23BrN6O2/c25-20-8-1-17(2-9-20)3-10-21(32)31-15-24(16-31)11-13-30(14-12-24)23(33)19-6-4-18(5-7-19)22-26-28-29-27-22/h1-10H,11-16H2,(H,26,27,28,29)/b10-3+. The summed E-state index contributed by atoms with van der Waals surface area (Å²) < 4.78 is 1.02. The van der Waals surface area contributed by atoms with E-state index in [-0.39, 0.29) is 17.2 Å². The largest absolute Gasteiger partial charge is 0.339 e. The third-order valence-corrected chi connectivity index (χ3v) is 7.04. The zero-order valence-corrected chi connectivity index (χ0v) is 19.5. The van der Waals surface area contributed by atoms with Crippen LogP contribution in [0.25, 0.3) is 17.5 Å². The minimum atomic E-state index is 0.0387. The second-order valence-electron chi connectivity index (χ2n) is 8.70. The Bertz CT molecular complexity index is 1160. The average molecular weight is 507 g/mol. The smallest absolute Gasteiger partial charge is 0.253 e. The normalized spacial score (nSPS) is 17.4. The number of hydrogen-bond donors (Lipinski definition) is 1. The maximum absolute atomic E-state index is 12.9. The van der Waals surface area contributed by atoms with Gasteiger partial charge in [-0.05, 0) is 59.2 Å². The van der Waals surface area contributed by atoms with Crippen molar-refractivity contribution in [2.24, 2.45) is 5.41 Å². The molecule has 1 N–H and O–H groups in total. The maximum Gasteiger partial charge on any atom is 0.253 e. The van der Waals surface area contributed by atoms with Crippen LogP contribution in [-0.4, -0.2) is 68.4 Å². The highest BCUT2D eigenvalue weighted by molar-refractivity contribution is 9.10. The molecule has 2 aliphatic heterocycles. The number of aromatic nitrogens is 4. The lowest BCUT2D eigenvalue weighted by Gasteiger charge is -2.53. The van der Waals surface area contributed by atoms with Gasteiger partial charge in [0.25, 0.3) is 5.91 Å². The van der Waals surface area contributed by atoms with Crippen LogP contribution in [0.4, 0.5) is 0 Å². The van der Waals surface area contributed by atoms with E-state index >= 15 is 0 Å². The lowest BCUT2D eigenvalue weighted by atomic mass is 9.72. The molecular weight excluding hydrogens is 484 g/mol. The van der Waals surface area contributed by atoms with Crippen LogP contribution in [0, 0.1) is 5.41 Å². The number of benzene rings is 2. The second-order valence-corrected chi connectivity index (χ2v) is 9.61. The van der Waals surface area contributed by atoms with E-state index in [0.717, 1.165) is 41.5 Å². The second kappa shape index (κ2) is 8.90. The van der Waals surface area contributed by atoms with Gasteiger partial charge in [-0.2, -0.15) is 0 Å². The first-order valence-corrected chi connectivity index (χ1v) is 11.7. The summed E-state index contributed by atoms with van der Waals surface area (Å²) in [5.74, 6) is 0.658. The van der Waals surface area contributed by atoms with E-state index in [1.165, 1.54) is 0 Å². The third-order valence-electron chi connectivity index (χ3n) is 6.51. The molecule has 1 aromatic heterocycles. The van der Waals surface area contributed by atoms with Crippen molar-refractivity contribution >= 4 is 33.8 Å². The van der Waals surface area contributed by atoms with Crippen LogP contribution in [0.3, 0.4) is 0 Å². The number of amides is 2. The van der Waals surface area contributed by atoms with Crippen LogP contribution in [0.1, 0.15) is 28.8 Å². The number of nitrogens with one attached hydrogen (secondary N) is 1. The van der Waals surface area contributed by atoms with Gasteiger partial charge in [-0.15, -0.1) is 5.10 Å². The van der Waals surface area contributed by atoms with E-state index in [0.29, 0.717) is 24.5 Å². The number of H-pyrrole nitrogens is 1. The Morgan fingerprint density at radius 3 is 2.30 bits per heavy atom. The van der Waals surface area contributed by atoms with Gasteiger partial charge in [-0.1, -0.05) is 40.2 Å². The molecule has 0 bridgehead atoms. The molecule has 33 heavy (non-hydrogen) atoms. The van der Waals surface area contributed by atoms with Crippen molar-refractivity contribution in [2.75, 3.05) is 26.2 Å². The first-order valence-electron chi connectivity index (χ1n) is 10.9. The fourth-order valence-electron chi connectivity index (χ4n) is 4.50. The SMILES string of the molecule is O=C(/C=C/c1ccc(Br)cc1)N1CC2(CCN(C(=O)c3ccc(-c4nnn[nH]4)cc3)CC2)C1. The molecule has 0 unspecified atom stereocenters. The Kier molecular flexibility index (Phi) is 5.80. The molecule has 3 heterocycles. The van der Waals surface area contributed by atoms with Gasteiger partial charge in [0.15, 0.2) is 5.82 Å². The van der Waals surface area contributed by atoms with E-state index < -0.39 is 0 Å². The van der Waals surface area contributed by atoms with Crippen molar-refractivity contribution in [3.05, 3.63) is 70.2 Å². The third kappa shape index (κ3) is 4.59. The van der Waals surface area contributed by atoms with Crippen LogP contribution >= 0.6 is 15.9 Å². The molecule has 2 amide bonds. The zero-order valence-electron chi connectivity index (χ0n) is 17.9. The average Bonchev–Trinajstić information content (AvgIpc) is 3.37. The van der Waals surface area contributed by atoms with Gasteiger partial charge < -0.3 is 9.80 Å². The molecule has 0 aliphatic carbocycles. The van der Waals surface area contributed by atoms with E-state index in [2.05, 4.69) is 36.6 Å². The minimum Gasteiger partial charge on any atom is -0.339 e. The summed E-state index contributed by atoms with van der Waals surface area (Å²) in [6, 6.07) is 15.2. The van der Waals surface area contributed by atoms with Gasteiger partial charge in [-0.25, -0.2) is 5.10 Å². The Labute approximate surface area is 199 Å². The first-order chi connectivity index (χ1) is 16.0. The number of halogens is 1. The van der Waals surface area contributed by atoms with E-state index in [1.807, 2.05) is 64.4 Å². The van der Waals surface area contributed by atoms with E-state index in [9.17, 15) is 9.59 Å².